The molecule has 3 aliphatic heterocycles. The summed E-state index contributed by atoms with van der Waals surface area (Å²) >= 11 is 0. The van der Waals surface area contributed by atoms with Crippen LogP contribution in [-0.4, -0.2) is 13.1 Å². The molecule has 9 rings (SSSR count). The van der Waals surface area contributed by atoms with E-state index in [0.717, 1.165) is 83.9 Å². The van der Waals surface area contributed by atoms with Crippen LogP contribution < -0.4 is 14.9 Å². The van der Waals surface area contributed by atoms with Crippen molar-refractivity contribution in [2.75, 3.05) is 7.11 Å². The van der Waals surface area contributed by atoms with Crippen LogP contribution in [0.25, 0.3) is 33.4 Å². The topological polar surface area (TPSA) is 75.0 Å². The molecule has 6 nitrogen and oxygen atoms in total. The van der Waals surface area contributed by atoms with E-state index in [1.807, 2.05) is 106 Å². The van der Waals surface area contributed by atoms with Crippen molar-refractivity contribution in [3.63, 3.8) is 0 Å². The molecule has 51 heavy (non-hydrogen) atoms. The summed E-state index contributed by atoms with van der Waals surface area (Å²) in [5, 5.41) is 1.03. The van der Waals surface area contributed by atoms with Crippen LogP contribution in [-0.2, 0) is 10.3 Å². The Balaban J connectivity index is 0.000000156. The molecule has 0 saturated heterocycles. The van der Waals surface area contributed by atoms with E-state index in [4.69, 9.17) is 18.6 Å². The van der Waals surface area contributed by atoms with Crippen LogP contribution in [0.1, 0.15) is 56.7 Å². The Morgan fingerprint density at radius 2 is 1.25 bits per heavy atom. The van der Waals surface area contributed by atoms with Gasteiger partial charge >= 0.3 is 5.97 Å². The van der Waals surface area contributed by atoms with Gasteiger partial charge in [-0.1, -0.05) is 68.1 Å². The lowest BCUT2D eigenvalue weighted by atomic mass is 9.77. The molecule has 0 atom stereocenters. The Morgan fingerprint density at radius 1 is 0.608 bits per heavy atom. The fourth-order valence-electron chi connectivity index (χ4n) is 7.20. The molecule has 1 spiro atoms. The highest BCUT2D eigenvalue weighted by Crippen LogP contribution is 2.56. The van der Waals surface area contributed by atoms with Crippen molar-refractivity contribution in [2.45, 2.75) is 40.7 Å². The van der Waals surface area contributed by atoms with Gasteiger partial charge in [0.15, 0.2) is 11.0 Å². The predicted molar refractivity (Wildman–Crippen MR) is 201 cm³/mol. The lowest BCUT2D eigenvalue weighted by Gasteiger charge is -2.36. The Hall–Kier alpha value is -6.14. The number of aryl methyl sites for hydroxylation is 4. The molecule has 6 heteroatoms. The maximum absolute atomic E-state index is 12.6. The number of methoxy groups -OCH3 is 1. The van der Waals surface area contributed by atoms with E-state index in [-0.39, 0.29) is 18.8 Å². The van der Waals surface area contributed by atoms with Gasteiger partial charge in [-0.05, 0) is 104 Å². The minimum Gasteiger partial charge on any atom is -0.497 e. The van der Waals surface area contributed by atoms with Crippen molar-refractivity contribution in [3.05, 3.63) is 170 Å². The molecule has 4 aliphatic rings. The van der Waals surface area contributed by atoms with Crippen molar-refractivity contribution in [1.82, 2.24) is 0 Å². The highest BCUT2D eigenvalue weighted by molar-refractivity contribution is 6.02. The molecule has 0 N–H and O–H groups in total. The lowest BCUT2D eigenvalue weighted by Crippen LogP contribution is -2.33. The normalized spacial score (nSPS) is 13.2. The number of carbonyl (C=O) groups is 1. The van der Waals surface area contributed by atoms with Crippen LogP contribution in [0.4, 0.5) is 0 Å². The third kappa shape index (κ3) is 5.44. The van der Waals surface area contributed by atoms with Gasteiger partial charge in [-0.2, -0.15) is 0 Å². The second-order valence-electron chi connectivity index (χ2n) is 13.0. The first-order valence-corrected chi connectivity index (χ1v) is 16.5. The lowest BCUT2D eigenvalue weighted by molar-refractivity contribution is 0.0224. The summed E-state index contributed by atoms with van der Waals surface area (Å²) in [7, 11) is 1.67. The van der Waals surface area contributed by atoms with Crippen LogP contribution >= 0.6 is 0 Å². The van der Waals surface area contributed by atoms with Crippen molar-refractivity contribution < 1.29 is 23.4 Å². The number of esters is 1. The van der Waals surface area contributed by atoms with E-state index in [2.05, 4.69) is 25.1 Å². The number of hydrogen-bond donors (Lipinski definition) is 0. The van der Waals surface area contributed by atoms with Crippen molar-refractivity contribution in [2.24, 2.45) is 0 Å². The Kier molecular flexibility index (Phi) is 8.26. The average Bonchev–Trinajstić information content (AvgIpc) is 3.39. The summed E-state index contributed by atoms with van der Waals surface area (Å²) in [6.07, 6.45) is 0. The highest BCUT2D eigenvalue weighted by Gasteiger charge is 2.53. The first kappa shape index (κ1) is 33.4. The van der Waals surface area contributed by atoms with E-state index in [1.54, 1.807) is 19.2 Å². The van der Waals surface area contributed by atoms with E-state index >= 15 is 0 Å². The number of hydrogen-bond acceptors (Lipinski definition) is 6. The zero-order valence-corrected chi connectivity index (χ0v) is 28.4. The number of rotatable bonds is 2. The molecule has 254 valence electrons. The molecule has 0 amide bonds. The van der Waals surface area contributed by atoms with Crippen molar-refractivity contribution >= 4 is 16.9 Å². The van der Waals surface area contributed by atoms with E-state index in [9.17, 15) is 9.59 Å². The van der Waals surface area contributed by atoms with Gasteiger partial charge in [-0.15, -0.1) is 0 Å². The molecule has 0 radical (unpaired) electrons. The number of fused-ring (bicyclic) bond motifs is 8. The summed E-state index contributed by atoms with van der Waals surface area (Å²) in [5.41, 5.74) is 10.6. The van der Waals surface area contributed by atoms with Gasteiger partial charge in [-0.3, -0.25) is 4.79 Å². The minimum atomic E-state index is -0.946. The van der Waals surface area contributed by atoms with Gasteiger partial charge in [0.2, 0.25) is 0 Å². The first-order chi connectivity index (χ1) is 24.2. The number of ether oxygens (including phenoxy) is 3. The first-order valence-electron chi connectivity index (χ1n) is 16.5. The van der Waals surface area contributed by atoms with Crippen LogP contribution in [0.15, 0.2) is 124 Å². The summed E-state index contributed by atoms with van der Waals surface area (Å²) in [6, 6.07) is 36.9. The Morgan fingerprint density at radius 3 is 1.94 bits per heavy atom. The molecule has 0 fully saturated rings. The monoisotopic (exact) mass is 674 g/mol. The van der Waals surface area contributed by atoms with Crippen molar-refractivity contribution in [3.8, 4) is 39.7 Å². The quantitative estimate of drug-likeness (QED) is 0.134. The van der Waals surface area contributed by atoms with E-state index in [1.165, 1.54) is 0 Å². The molecule has 5 aromatic rings. The largest absolute Gasteiger partial charge is 0.497 e. The van der Waals surface area contributed by atoms with Crippen LogP contribution in [0.5, 0.6) is 17.2 Å². The smallest absolute Gasteiger partial charge is 0.340 e. The summed E-state index contributed by atoms with van der Waals surface area (Å²) in [4.78, 5) is 24.4. The van der Waals surface area contributed by atoms with Crippen LogP contribution in [0, 0.1) is 27.7 Å². The predicted octanol–water partition coefficient (Wildman–Crippen LogP) is 10.7. The van der Waals surface area contributed by atoms with Gasteiger partial charge in [0.1, 0.15) is 28.6 Å². The summed E-state index contributed by atoms with van der Waals surface area (Å²) in [5.74, 6) is 2.62. The Labute approximate surface area is 297 Å². The van der Waals surface area contributed by atoms with Crippen molar-refractivity contribution in [1.29, 1.82) is 0 Å². The second kappa shape index (κ2) is 12.6. The standard InChI is InChI=1S/C22H16O3.C22H18O3.CH4/c1-13-7-9-17-19(11-13)24-20-12-14(2)8-10-18(20)22(17)16-6-4-3-5-15(16)21(23)25-22;1-13-4-7-18-20(10-13)25-21-12-15(23)5-8-19(21)22(18)17-9-6-16(24-3)11-14(17)2;/h3-12H,1-2H3;4-12H,1-3H3;1H4. The molecular weight excluding hydrogens is 636 g/mol. The molecule has 5 aromatic carbocycles. The van der Waals surface area contributed by atoms with Gasteiger partial charge in [0.05, 0.1) is 12.7 Å². The fourth-order valence-corrected chi connectivity index (χ4v) is 7.20. The van der Waals surface area contributed by atoms with Crippen LogP contribution in [0.3, 0.4) is 0 Å². The zero-order chi connectivity index (χ0) is 34.7. The van der Waals surface area contributed by atoms with E-state index < -0.39 is 5.60 Å². The van der Waals surface area contributed by atoms with Gasteiger partial charge in [0.25, 0.3) is 0 Å². The third-order valence-electron chi connectivity index (χ3n) is 9.58. The molecule has 0 unspecified atom stereocenters. The molecule has 0 saturated carbocycles. The Bertz CT molecular complexity index is 2470. The minimum absolute atomic E-state index is 0. The van der Waals surface area contributed by atoms with E-state index in [0.29, 0.717) is 11.3 Å². The fraction of sp³-hybridized carbons (Fsp3) is 0.156. The zero-order valence-electron chi connectivity index (χ0n) is 28.4. The maximum atomic E-state index is 12.6. The summed E-state index contributed by atoms with van der Waals surface area (Å²) in [6.45, 7) is 8.14. The SMILES string of the molecule is C.COc1ccc(-c2c3ccc(=O)cc-3oc3cc(C)ccc23)c(C)c1.Cc1ccc2c(c1)Oc1cc(C)ccc1C21OC(=O)c2ccccc21. The maximum Gasteiger partial charge on any atom is 0.340 e. The summed E-state index contributed by atoms with van der Waals surface area (Å²) < 4.78 is 23.6. The van der Waals surface area contributed by atoms with Gasteiger partial charge < -0.3 is 18.6 Å². The molecule has 0 bridgehead atoms. The number of carbonyl (C=O) groups excluding carboxylic acids is 1. The number of benzene rings is 6. The molecule has 3 heterocycles. The molecular formula is C45H38O6. The molecule has 1 aliphatic carbocycles. The third-order valence-corrected chi connectivity index (χ3v) is 9.58. The van der Waals surface area contributed by atoms with Gasteiger partial charge in [0, 0.05) is 39.3 Å². The van der Waals surface area contributed by atoms with Crippen LogP contribution in [0.2, 0.25) is 0 Å². The van der Waals surface area contributed by atoms with Gasteiger partial charge in [-0.25, -0.2) is 4.79 Å². The second-order valence-corrected chi connectivity index (χ2v) is 13.0. The molecule has 0 aromatic heterocycles. The average molecular weight is 675 g/mol. The highest BCUT2D eigenvalue weighted by atomic mass is 16.6.